The number of rotatable bonds is 5. The van der Waals surface area contributed by atoms with E-state index in [-0.39, 0.29) is 24.6 Å². The molecule has 0 saturated carbocycles. The molecule has 4 rings (SSSR count). The van der Waals surface area contributed by atoms with E-state index in [0.29, 0.717) is 45.0 Å². The van der Waals surface area contributed by atoms with Crippen LogP contribution < -0.4 is 15.1 Å². The van der Waals surface area contributed by atoms with E-state index in [4.69, 9.17) is 4.74 Å². The van der Waals surface area contributed by atoms with Gasteiger partial charge < -0.3 is 15.0 Å². The molecule has 12 heteroatoms. The lowest BCUT2D eigenvalue weighted by molar-refractivity contribution is -0.132. The van der Waals surface area contributed by atoms with Gasteiger partial charge in [-0.3, -0.25) is 14.5 Å². The summed E-state index contributed by atoms with van der Waals surface area (Å²) < 4.78 is 44.5. The summed E-state index contributed by atoms with van der Waals surface area (Å²) in [6.07, 6.45) is -4.70. The van der Waals surface area contributed by atoms with Crippen molar-refractivity contribution in [3.8, 4) is 0 Å². The molecule has 1 aromatic carbocycles. The lowest BCUT2D eigenvalue weighted by Gasteiger charge is -2.24. The Labute approximate surface area is 176 Å². The summed E-state index contributed by atoms with van der Waals surface area (Å²) in [5, 5.41) is 5.95. The lowest BCUT2D eigenvalue weighted by Crippen LogP contribution is -2.37. The second-order valence-corrected chi connectivity index (χ2v) is 7.60. The van der Waals surface area contributed by atoms with E-state index in [2.05, 4.69) is 0 Å². The number of halogens is 3. The molecule has 31 heavy (non-hydrogen) atoms. The topological polar surface area (TPSA) is 85.4 Å². The van der Waals surface area contributed by atoms with Gasteiger partial charge >= 0.3 is 12.5 Å². The molecule has 3 heterocycles. The second-order valence-electron chi connectivity index (χ2n) is 7.60. The molecule has 0 aromatic heterocycles. The van der Waals surface area contributed by atoms with Gasteiger partial charge in [-0.2, -0.15) is 8.78 Å². The van der Waals surface area contributed by atoms with E-state index in [1.54, 1.807) is 12.1 Å². The fraction of sp³-hybridized carbons (Fsp3) is 0.526. The number of nitrogens with zero attached hydrogens (tertiary/aromatic N) is 4. The average molecular weight is 441 g/mol. The van der Waals surface area contributed by atoms with Crippen LogP contribution in [0.1, 0.15) is 0 Å². The van der Waals surface area contributed by atoms with Gasteiger partial charge in [0.05, 0.1) is 37.6 Å². The summed E-state index contributed by atoms with van der Waals surface area (Å²) in [4.78, 5) is 37.8. The maximum absolute atomic E-state index is 14.9. The Hall–Kier alpha value is -2.86. The van der Waals surface area contributed by atoms with Gasteiger partial charge in [-0.05, 0) is 18.2 Å². The van der Waals surface area contributed by atoms with Gasteiger partial charge in [0.25, 0.3) is 5.91 Å². The zero-order valence-electron chi connectivity index (χ0n) is 16.6. The quantitative estimate of drug-likeness (QED) is 0.711. The second kappa shape index (κ2) is 8.71. The van der Waals surface area contributed by atoms with Crippen molar-refractivity contribution in [2.45, 2.75) is 12.5 Å². The van der Waals surface area contributed by atoms with Crippen LogP contribution in [0.4, 0.5) is 29.3 Å². The molecule has 3 fully saturated rings. The van der Waals surface area contributed by atoms with Crippen LogP contribution in [0.15, 0.2) is 18.2 Å². The van der Waals surface area contributed by atoms with E-state index in [1.807, 2.05) is 20.2 Å². The fourth-order valence-electron chi connectivity index (χ4n) is 3.97. The van der Waals surface area contributed by atoms with Crippen LogP contribution in [0.5, 0.6) is 0 Å². The highest BCUT2D eigenvalue weighted by atomic mass is 19.3. The van der Waals surface area contributed by atoms with E-state index in [0.717, 1.165) is 0 Å². The fourth-order valence-corrected chi connectivity index (χ4v) is 3.97. The molecule has 0 unspecified atom stereocenters. The van der Waals surface area contributed by atoms with Gasteiger partial charge in [-0.15, -0.1) is 0 Å². The smallest absolute Gasteiger partial charge is 0.414 e. The Morgan fingerprint density at radius 2 is 1.81 bits per heavy atom. The Balaban J connectivity index is 1.39. The minimum Gasteiger partial charge on any atom is -0.442 e. The van der Waals surface area contributed by atoms with E-state index in [1.165, 1.54) is 11.0 Å². The number of nitrogens with one attached hydrogen (secondary N) is 1. The molecular formula is C19H22F3N5O4. The number of Topliss-reactive ketones (excluding diaryl/α,β-unsaturated/α-hetero) is 1. The van der Waals surface area contributed by atoms with Crippen molar-refractivity contribution in [1.29, 1.82) is 0 Å². The minimum absolute atomic E-state index is 0.00278. The first kappa shape index (κ1) is 21.4. The molecule has 1 atom stereocenters. The lowest BCUT2D eigenvalue weighted by atomic mass is 10.2. The van der Waals surface area contributed by atoms with Gasteiger partial charge in [0.15, 0.2) is 5.78 Å². The van der Waals surface area contributed by atoms with Crippen LogP contribution in [0.3, 0.4) is 0 Å². The maximum atomic E-state index is 14.9. The molecule has 0 aliphatic carbocycles. The van der Waals surface area contributed by atoms with Crippen molar-refractivity contribution in [3.63, 3.8) is 0 Å². The highest BCUT2D eigenvalue weighted by molar-refractivity contribution is 5.90. The highest BCUT2D eigenvalue weighted by Gasteiger charge is 2.34. The number of fused-ring (bicyclic) bond motifs is 1. The number of benzene rings is 1. The molecule has 168 valence electrons. The van der Waals surface area contributed by atoms with E-state index >= 15 is 0 Å². The molecular weight excluding hydrogens is 419 g/mol. The van der Waals surface area contributed by atoms with Gasteiger partial charge in [0.2, 0.25) is 0 Å². The van der Waals surface area contributed by atoms with Crippen molar-refractivity contribution in [2.24, 2.45) is 0 Å². The first-order valence-corrected chi connectivity index (χ1v) is 9.92. The largest absolute Gasteiger partial charge is 0.442 e. The zero-order valence-corrected chi connectivity index (χ0v) is 16.6. The van der Waals surface area contributed by atoms with E-state index in [9.17, 15) is 27.6 Å². The highest BCUT2D eigenvalue weighted by Crippen LogP contribution is 2.28. The third-order valence-electron chi connectivity index (χ3n) is 5.53. The number of cyclic esters (lactones) is 1. The van der Waals surface area contributed by atoms with Crippen molar-refractivity contribution in [1.82, 2.24) is 15.3 Å². The monoisotopic (exact) mass is 441 g/mol. The number of hydrazine groups is 1. The average Bonchev–Trinajstić information content (AvgIpc) is 3.22. The van der Waals surface area contributed by atoms with Crippen LogP contribution in [-0.2, 0) is 14.3 Å². The minimum atomic E-state index is -3.15. The number of ether oxygens (including phenoxy) is 1. The molecule has 0 spiro atoms. The van der Waals surface area contributed by atoms with Crippen LogP contribution >= 0.6 is 0 Å². The number of carbonyl (C=O) groups excluding carboxylic acids is 3. The molecule has 0 radical (unpaired) electrons. The molecule has 1 aromatic rings. The maximum Gasteiger partial charge on any atom is 0.414 e. The molecule has 3 aliphatic heterocycles. The first-order chi connectivity index (χ1) is 14.8. The number of hydrogen-bond donors (Lipinski definition) is 1. The molecule has 3 aliphatic rings. The van der Waals surface area contributed by atoms with Crippen LogP contribution in [0, 0.1) is 5.82 Å². The van der Waals surface area contributed by atoms with Crippen LogP contribution in [-0.4, -0.2) is 92.7 Å². The third-order valence-corrected chi connectivity index (χ3v) is 5.53. The first-order valence-electron chi connectivity index (χ1n) is 9.92. The summed E-state index contributed by atoms with van der Waals surface area (Å²) in [5.41, 5.74) is 0.671. The number of carbonyl (C=O) groups is 3. The number of anilines is 2. The summed E-state index contributed by atoms with van der Waals surface area (Å²) >= 11 is 0. The molecule has 2 amide bonds. The predicted octanol–water partition coefficient (Wildman–Crippen LogP) is 0.454. The third kappa shape index (κ3) is 4.59. The van der Waals surface area contributed by atoms with Crippen molar-refractivity contribution in [2.75, 3.05) is 62.2 Å². The number of amides is 2. The van der Waals surface area contributed by atoms with Crippen LogP contribution in [0.2, 0.25) is 0 Å². The van der Waals surface area contributed by atoms with Gasteiger partial charge in [-0.25, -0.2) is 19.2 Å². The van der Waals surface area contributed by atoms with Gasteiger partial charge in [0.1, 0.15) is 11.9 Å². The Kier molecular flexibility index (Phi) is 6.01. The van der Waals surface area contributed by atoms with Gasteiger partial charge in [-0.1, -0.05) is 0 Å². The zero-order chi connectivity index (χ0) is 22.1. The summed E-state index contributed by atoms with van der Waals surface area (Å²) in [6, 6.07) is 4.41. The Bertz CT molecular complexity index is 868. The number of alkyl halides is 2. The standard InChI is InChI=1S/C19H22F3N5O4/c20-15-7-12(27-11-14(31-19(27)30)8-23-18(29)17(21)22)1-2-16(15)24-3-5-25-9-13(28)10-26(25)6-4-24/h1-2,7,14,17H,3-6,8-11H2,(H,23,29)/t14-/m0/s1. The van der Waals surface area contributed by atoms with Crippen LogP contribution in [0.25, 0.3) is 0 Å². The van der Waals surface area contributed by atoms with E-state index < -0.39 is 30.3 Å². The van der Waals surface area contributed by atoms with Gasteiger partial charge in [0, 0.05) is 26.2 Å². The summed E-state index contributed by atoms with van der Waals surface area (Å²) in [5.74, 6) is -1.77. The molecule has 9 nitrogen and oxygen atoms in total. The predicted molar refractivity (Wildman–Crippen MR) is 103 cm³/mol. The molecule has 3 saturated heterocycles. The number of ketones is 1. The Morgan fingerprint density at radius 1 is 1.13 bits per heavy atom. The van der Waals surface area contributed by atoms with Crippen molar-refractivity contribution >= 4 is 29.2 Å². The SMILES string of the molecule is O=C1CN2CCN(c3ccc(N4C[C@H](CNC(=O)C(F)F)OC4=O)cc3F)CCN2C1. The summed E-state index contributed by atoms with van der Waals surface area (Å²) in [7, 11) is 0. The molecule has 0 bridgehead atoms. The molecule has 1 N–H and O–H groups in total. The Morgan fingerprint density at radius 3 is 2.42 bits per heavy atom. The summed E-state index contributed by atoms with van der Waals surface area (Å²) in [6.45, 7) is 2.83. The number of hydrogen-bond acceptors (Lipinski definition) is 7. The normalized spacial score (nSPS) is 22.6. The van der Waals surface area contributed by atoms with Crippen molar-refractivity contribution in [3.05, 3.63) is 24.0 Å². The van der Waals surface area contributed by atoms with Crippen molar-refractivity contribution < 1.29 is 32.3 Å².